The van der Waals surface area contributed by atoms with E-state index in [0.29, 0.717) is 6.42 Å². The van der Waals surface area contributed by atoms with Crippen LogP contribution in [0.25, 0.3) is 0 Å². The van der Waals surface area contributed by atoms with Crippen LogP contribution in [0.4, 0.5) is 0 Å². The third kappa shape index (κ3) is 12.2. The highest BCUT2D eigenvalue weighted by atomic mass is 31.2. The van der Waals surface area contributed by atoms with Crippen molar-refractivity contribution in [2.45, 2.75) is 44.8 Å². The maximum atomic E-state index is 12.6. The van der Waals surface area contributed by atoms with Crippen molar-refractivity contribution in [2.75, 3.05) is 12.7 Å². The lowest BCUT2D eigenvalue weighted by Gasteiger charge is -2.23. The number of aliphatic imine (C=N–C) groups is 1. The zero-order chi connectivity index (χ0) is 23.5. The summed E-state index contributed by atoms with van der Waals surface area (Å²) in [6, 6.07) is -3.55. The second kappa shape index (κ2) is 13.0. The van der Waals surface area contributed by atoms with E-state index < -0.39 is 49.7 Å². The Bertz CT molecular complexity index is 702. The number of nitrogens with one attached hydrogen (secondary N) is 2. The van der Waals surface area contributed by atoms with E-state index in [2.05, 4.69) is 15.6 Å². The molecule has 0 heterocycles. The summed E-state index contributed by atoms with van der Waals surface area (Å²) in [5.74, 6) is -3.18. The molecule has 0 saturated carbocycles. The van der Waals surface area contributed by atoms with Crippen LogP contribution in [0, 0.1) is 5.92 Å². The molecule has 0 aromatic rings. The van der Waals surface area contributed by atoms with E-state index in [1.165, 1.54) is 0 Å². The van der Waals surface area contributed by atoms with Crippen molar-refractivity contribution in [1.29, 1.82) is 0 Å². The van der Waals surface area contributed by atoms with Gasteiger partial charge >= 0.3 is 13.6 Å². The van der Waals surface area contributed by atoms with Crippen molar-refractivity contribution >= 4 is 31.3 Å². The second-order valence-corrected chi connectivity index (χ2v) is 8.57. The highest BCUT2D eigenvalue weighted by molar-refractivity contribution is 7.51. The summed E-state index contributed by atoms with van der Waals surface area (Å²) in [4.78, 5) is 57.6. The Morgan fingerprint density at radius 2 is 1.73 bits per heavy atom. The van der Waals surface area contributed by atoms with Gasteiger partial charge in [0.05, 0.1) is 12.2 Å². The van der Waals surface area contributed by atoms with Crippen molar-refractivity contribution < 1.29 is 33.8 Å². The summed E-state index contributed by atoms with van der Waals surface area (Å²) in [7, 11) is -4.37. The Morgan fingerprint density at radius 1 is 1.13 bits per heavy atom. The fourth-order valence-electron chi connectivity index (χ4n) is 2.12. The number of carboxylic acids is 1. The Balaban J connectivity index is 5.28. The minimum absolute atomic E-state index is 0.0949. The molecule has 0 spiro atoms. The first kappa shape index (κ1) is 27.5. The Labute approximate surface area is 174 Å². The van der Waals surface area contributed by atoms with Crippen LogP contribution < -0.4 is 27.8 Å². The van der Waals surface area contributed by atoms with E-state index >= 15 is 0 Å². The first-order chi connectivity index (χ1) is 13.7. The normalized spacial score (nSPS) is 14.7. The number of nitrogens with two attached hydrogens (primary N) is 3. The highest BCUT2D eigenvalue weighted by Crippen LogP contribution is 2.33. The standard InChI is InChI=1S/C16H31N6O7P/c1-9(2)12(17)14(24)21-10(5-3-7-20-16(18)19)13(23)22-11(15(25)26)6-4-8-30(27,28)29/h4,6,9-12H,3,5,7-8,17H2,1-2H3,(H,21,24)(H,22,23)(H,25,26)(H4,18,19,20)(H2,27,28,29). The minimum Gasteiger partial charge on any atom is -0.479 e. The smallest absolute Gasteiger partial charge is 0.330 e. The van der Waals surface area contributed by atoms with Crippen LogP contribution in [0.15, 0.2) is 17.1 Å². The second-order valence-electron chi connectivity index (χ2n) is 6.88. The lowest BCUT2D eigenvalue weighted by Crippen LogP contribution is -2.55. The number of hydrogen-bond donors (Lipinski definition) is 8. The van der Waals surface area contributed by atoms with Crippen LogP contribution >= 0.6 is 7.60 Å². The van der Waals surface area contributed by atoms with Gasteiger partial charge in [-0.3, -0.25) is 19.1 Å². The average molecular weight is 450 g/mol. The van der Waals surface area contributed by atoms with E-state index in [4.69, 9.17) is 27.0 Å². The molecule has 13 nitrogen and oxygen atoms in total. The number of nitrogens with zero attached hydrogens (tertiary/aromatic N) is 1. The number of hydrogen-bond acceptors (Lipinski definition) is 6. The van der Waals surface area contributed by atoms with Gasteiger partial charge in [-0.05, 0) is 18.8 Å². The predicted octanol–water partition coefficient (Wildman–Crippen LogP) is -2.19. The van der Waals surface area contributed by atoms with Crippen LogP contribution in [0.5, 0.6) is 0 Å². The Hall–Kier alpha value is -2.47. The maximum absolute atomic E-state index is 12.6. The van der Waals surface area contributed by atoms with Gasteiger partial charge in [-0.15, -0.1) is 0 Å². The average Bonchev–Trinajstić information content (AvgIpc) is 2.60. The number of carboxylic acid groups (broad SMARTS) is 1. The molecule has 0 aromatic heterocycles. The number of allylic oxidation sites excluding steroid dienone is 1. The predicted molar refractivity (Wildman–Crippen MR) is 110 cm³/mol. The van der Waals surface area contributed by atoms with Gasteiger partial charge in [-0.1, -0.05) is 26.0 Å². The summed E-state index contributed by atoms with van der Waals surface area (Å²) in [5.41, 5.74) is 16.2. The van der Waals surface area contributed by atoms with Crippen LogP contribution in [-0.4, -0.2) is 69.5 Å². The maximum Gasteiger partial charge on any atom is 0.330 e. The van der Waals surface area contributed by atoms with Crippen molar-refractivity contribution in [3.63, 3.8) is 0 Å². The van der Waals surface area contributed by atoms with Gasteiger partial charge in [-0.25, -0.2) is 4.79 Å². The van der Waals surface area contributed by atoms with Gasteiger partial charge in [0.1, 0.15) is 12.1 Å². The SMILES string of the molecule is CC(C)C(N)C(=O)NC(CCCN=C(N)N)C(=O)NC(C=CCP(=O)(O)O)C(=O)O. The molecule has 2 amide bonds. The van der Waals surface area contributed by atoms with Gasteiger partial charge in [-0.2, -0.15) is 0 Å². The van der Waals surface area contributed by atoms with Gasteiger partial charge in [0.25, 0.3) is 0 Å². The minimum atomic E-state index is -4.37. The molecule has 30 heavy (non-hydrogen) atoms. The molecular formula is C16H31N6O7P. The molecule has 0 bridgehead atoms. The molecule has 0 fully saturated rings. The number of amides is 2. The van der Waals surface area contributed by atoms with Crippen LogP contribution in [0.1, 0.15) is 26.7 Å². The van der Waals surface area contributed by atoms with E-state index in [9.17, 15) is 24.1 Å². The number of carbonyl (C=O) groups excluding carboxylic acids is 2. The zero-order valence-electron chi connectivity index (χ0n) is 16.9. The number of aliphatic carboxylic acids is 1. The highest BCUT2D eigenvalue weighted by Gasteiger charge is 2.27. The fraction of sp³-hybridized carbons (Fsp3) is 0.625. The summed E-state index contributed by atoms with van der Waals surface area (Å²) in [6.45, 7) is 3.64. The fourth-order valence-corrected chi connectivity index (χ4v) is 2.52. The Morgan fingerprint density at radius 3 is 2.20 bits per heavy atom. The molecule has 3 unspecified atom stereocenters. The summed E-state index contributed by atoms with van der Waals surface area (Å²) >= 11 is 0. The van der Waals surface area contributed by atoms with E-state index in [1.54, 1.807) is 13.8 Å². The molecule has 3 atom stereocenters. The third-order valence-electron chi connectivity index (χ3n) is 3.83. The molecule has 0 aliphatic carbocycles. The molecule has 0 radical (unpaired) electrons. The Kier molecular flexibility index (Phi) is 11.9. The van der Waals surface area contributed by atoms with Gasteiger partial charge in [0.2, 0.25) is 11.8 Å². The molecule has 11 N–H and O–H groups in total. The van der Waals surface area contributed by atoms with Gasteiger partial charge in [0.15, 0.2) is 5.96 Å². The van der Waals surface area contributed by atoms with E-state index in [-0.39, 0.29) is 24.8 Å². The van der Waals surface area contributed by atoms with E-state index in [0.717, 1.165) is 12.2 Å². The molecule has 0 aliphatic rings. The van der Waals surface area contributed by atoms with Crippen molar-refractivity contribution in [3.05, 3.63) is 12.2 Å². The lowest BCUT2D eigenvalue weighted by atomic mass is 10.0. The largest absolute Gasteiger partial charge is 0.479 e. The van der Waals surface area contributed by atoms with Crippen molar-refractivity contribution in [2.24, 2.45) is 28.1 Å². The van der Waals surface area contributed by atoms with Gasteiger partial charge < -0.3 is 42.7 Å². The molecule has 14 heteroatoms. The summed E-state index contributed by atoms with van der Waals surface area (Å²) < 4.78 is 10.9. The first-order valence-electron chi connectivity index (χ1n) is 9.10. The summed E-state index contributed by atoms with van der Waals surface area (Å²) in [6.07, 6.45) is 1.61. The summed E-state index contributed by atoms with van der Waals surface area (Å²) in [5, 5.41) is 13.9. The molecule has 0 rings (SSSR count). The molecule has 0 aliphatic heterocycles. The quantitative estimate of drug-likeness (QED) is 0.0495. The molecule has 0 aromatic carbocycles. The molecule has 172 valence electrons. The number of carbonyl (C=O) groups is 3. The van der Waals surface area contributed by atoms with Crippen molar-refractivity contribution in [3.8, 4) is 0 Å². The van der Waals surface area contributed by atoms with Crippen LogP contribution in [0.2, 0.25) is 0 Å². The number of rotatable bonds is 13. The topological polar surface area (TPSA) is 243 Å². The van der Waals surface area contributed by atoms with E-state index in [1.807, 2.05) is 0 Å². The number of guanidine groups is 1. The van der Waals surface area contributed by atoms with Crippen molar-refractivity contribution in [1.82, 2.24) is 10.6 Å². The monoisotopic (exact) mass is 450 g/mol. The van der Waals surface area contributed by atoms with Crippen LogP contribution in [-0.2, 0) is 18.9 Å². The van der Waals surface area contributed by atoms with Gasteiger partial charge in [0, 0.05) is 6.54 Å². The zero-order valence-corrected chi connectivity index (χ0v) is 17.8. The lowest BCUT2D eigenvalue weighted by molar-refractivity contribution is -0.140. The third-order valence-corrected chi connectivity index (χ3v) is 4.52. The van der Waals surface area contributed by atoms with Crippen LogP contribution in [0.3, 0.4) is 0 Å². The molecule has 0 saturated heterocycles. The first-order valence-corrected chi connectivity index (χ1v) is 10.9. The molecular weight excluding hydrogens is 419 g/mol.